The lowest BCUT2D eigenvalue weighted by Gasteiger charge is -2.09. The van der Waals surface area contributed by atoms with Crippen LogP contribution in [0.4, 0.5) is 5.69 Å². The van der Waals surface area contributed by atoms with Crippen LogP contribution in [0.25, 0.3) is 0 Å². The van der Waals surface area contributed by atoms with E-state index in [9.17, 15) is 9.59 Å². The van der Waals surface area contributed by atoms with Gasteiger partial charge < -0.3 is 15.2 Å². The van der Waals surface area contributed by atoms with E-state index in [2.05, 4.69) is 10.3 Å². The maximum Gasteiger partial charge on any atom is 0.354 e. The van der Waals surface area contributed by atoms with Gasteiger partial charge in [0.15, 0.2) is 0 Å². The summed E-state index contributed by atoms with van der Waals surface area (Å²) in [6.45, 7) is 0. The number of halogens is 1. The van der Waals surface area contributed by atoms with Crippen molar-refractivity contribution in [3.8, 4) is 5.75 Å². The Bertz CT molecular complexity index is 718. The van der Waals surface area contributed by atoms with Crippen molar-refractivity contribution in [2.75, 3.05) is 12.4 Å². The molecule has 0 bridgehead atoms. The van der Waals surface area contributed by atoms with Crippen molar-refractivity contribution in [1.82, 2.24) is 4.98 Å². The van der Waals surface area contributed by atoms with Crippen molar-refractivity contribution in [2.24, 2.45) is 0 Å². The fourth-order valence-electron chi connectivity index (χ4n) is 1.89. The SMILES string of the molecule is COc1ccc(Cl)cc1CC(=O)Nc1ccnc(C(=O)O)c1. The Morgan fingerprint density at radius 3 is 2.77 bits per heavy atom. The molecule has 0 saturated heterocycles. The molecule has 0 saturated carbocycles. The summed E-state index contributed by atoms with van der Waals surface area (Å²) in [6, 6.07) is 7.80. The second-order valence-electron chi connectivity index (χ2n) is 4.42. The molecular weight excluding hydrogens is 308 g/mol. The van der Waals surface area contributed by atoms with Gasteiger partial charge in [-0.3, -0.25) is 4.79 Å². The van der Waals surface area contributed by atoms with E-state index in [1.54, 1.807) is 18.2 Å². The summed E-state index contributed by atoms with van der Waals surface area (Å²) >= 11 is 5.91. The van der Waals surface area contributed by atoms with Crippen LogP contribution >= 0.6 is 11.6 Å². The Morgan fingerprint density at radius 2 is 2.09 bits per heavy atom. The third kappa shape index (κ3) is 3.95. The minimum Gasteiger partial charge on any atom is -0.496 e. The Kier molecular flexibility index (Phi) is 4.95. The van der Waals surface area contributed by atoms with Crippen molar-refractivity contribution in [3.05, 3.63) is 52.8 Å². The molecule has 2 N–H and O–H groups in total. The van der Waals surface area contributed by atoms with Crippen LogP contribution in [0, 0.1) is 0 Å². The number of nitrogens with one attached hydrogen (secondary N) is 1. The van der Waals surface area contributed by atoms with Gasteiger partial charge in [-0.05, 0) is 30.3 Å². The fourth-order valence-corrected chi connectivity index (χ4v) is 2.08. The predicted octanol–water partition coefficient (Wildman–Crippen LogP) is 2.62. The predicted molar refractivity (Wildman–Crippen MR) is 81.5 cm³/mol. The first-order valence-corrected chi connectivity index (χ1v) is 6.69. The lowest BCUT2D eigenvalue weighted by molar-refractivity contribution is -0.115. The van der Waals surface area contributed by atoms with Gasteiger partial charge in [-0.2, -0.15) is 0 Å². The van der Waals surface area contributed by atoms with Crippen molar-refractivity contribution in [1.29, 1.82) is 0 Å². The van der Waals surface area contributed by atoms with E-state index in [1.807, 2.05) is 0 Å². The molecule has 22 heavy (non-hydrogen) atoms. The van der Waals surface area contributed by atoms with Gasteiger partial charge in [0.05, 0.1) is 13.5 Å². The van der Waals surface area contributed by atoms with Crippen molar-refractivity contribution in [2.45, 2.75) is 6.42 Å². The molecule has 0 spiro atoms. The largest absolute Gasteiger partial charge is 0.496 e. The maximum atomic E-state index is 12.1. The van der Waals surface area contributed by atoms with E-state index < -0.39 is 5.97 Å². The number of amides is 1. The standard InChI is InChI=1S/C15H13ClN2O4/c1-22-13-3-2-10(16)6-9(13)7-14(19)18-11-4-5-17-12(8-11)15(20)21/h2-6,8H,7H2,1H3,(H,20,21)(H,17,18,19). The number of rotatable bonds is 5. The van der Waals surface area contributed by atoms with Crippen LogP contribution in [-0.2, 0) is 11.2 Å². The first kappa shape index (κ1) is 15.8. The number of pyridine rings is 1. The van der Waals surface area contributed by atoms with Gasteiger partial charge in [-0.1, -0.05) is 11.6 Å². The number of carbonyl (C=O) groups is 2. The van der Waals surface area contributed by atoms with Crippen LogP contribution in [0.5, 0.6) is 5.75 Å². The molecule has 114 valence electrons. The highest BCUT2D eigenvalue weighted by atomic mass is 35.5. The van der Waals surface area contributed by atoms with Gasteiger partial charge in [0, 0.05) is 22.5 Å². The number of benzene rings is 1. The average molecular weight is 321 g/mol. The number of aromatic nitrogens is 1. The van der Waals surface area contributed by atoms with Crippen molar-refractivity contribution in [3.63, 3.8) is 0 Å². The molecule has 0 unspecified atom stereocenters. The molecule has 1 heterocycles. The smallest absolute Gasteiger partial charge is 0.354 e. The zero-order chi connectivity index (χ0) is 16.1. The Labute approximate surface area is 131 Å². The molecule has 0 aliphatic heterocycles. The van der Waals surface area contributed by atoms with Gasteiger partial charge in [-0.25, -0.2) is 9.78 Å². The normalized spacial score (nSPS) is 10.1. The fraction of sp³-hybridized carbons (Fsp3) is 0.133. The van der Waals surface area contributed by atoms with Crippen LogP contribution in [0.3, 0.4) is 0 Å². The minimum absolute atomic E-state index is 0.0501. The molecule has 1 amide bonds. The molecule has 0 atom stereocenters. The van der Waals surface area contributed by atoms with Gasteiger partial charge in [0.2, 0.25) is 5.91 Å². The van der Waals surface area contributed by atoms with Crippen molar-refractivity contribution < 1.29 is 19.4 Å². The van der Waals surface area contributed by atoms with E-state index in [-0.39, 0.29) is 18.0 Å². The topological polar surface area (TPSA) is 88.5 Å². The summed E-state index contributed by atoms with van der Waals surface area (Å²) in [5.41, 5.74) is 0.858. The van der Waals surface area contributed by atoms with Gasteiger partial charge in [0.25, 0.3) is 0 Å². The highest BCUT2D eigenvalue weighted by molar-refractivity contribution is 6.30. The lowest BCUT2D eigenvalue weighted by atomic mass is 10.1. The number of hydrogen-bond acceptors (Lipinski definition) is 4. The molecule has 0 aliphatic rings. The summed E-state index contributed by atoms with van der Waals surface area (Å²) in [4.78, 5) is 26.6. The molecule has 2 aromatic rings. The molecule has 7 heteroatoms. The first-order valence-electron chi connectivity index (χ1n) is 6.31. The first-order chi connectivity index (χ1) is 10.5. The second-order valence-corrected chi connectivity index (χ2v) is 4.85. The average Bonchev–Trinajstić information content (AvgIpc) is 2.47. The zero-order valence-corrected chi connectivity index (χ0v) is 12.4. The number of carbonyl (C=O) groups excluding carboxylic acids is 1. The maximum absolute atomic E-state index is 12.1. The number of aromatic carboxylic acids is 1. The summed E-state index contributed by atoms with van der Waals surface area (Å²) in [5, 5.41) is 12.0. The second kappa shape index (κ2) is 6.91. The zero-order valence-electron chi connectivity index (χ0n) is 11.7. The molecule has 1 aromatic heterocycles. The minimum atomic E-state index is -1.16. The summed E-state index contributed by atoms with van der Waals surface area (Å²) in [6.07, 6.45) is 1.37. The van der Waals surface area contributed by atoms with E-state index in [0.29, 0.717) is 22.0 Å². The number of carboxylic acids is 1. The quantitative estimate of drug-likeness (QED) is 0.884. The van der Waals surface area contributed by atoms with Gasteiger partial charge in [-0.15, -0.1) is 0 Å². The molecule has 0 aliphatic carbocycles. The monoisotopic (exact) mass is 320 g/mol. The summed E-state index contributed by atoms with van der Waals surface area (Å²) in [5.74, 6) is -0.920. The van der Waals surface area contributed by atoms with Crippen LogP contribution in [0.15, 0.2) is 36.5 Å². The van der Waals surface area contributed by atoms with Crippen LogP contribution < -0.4 is 10.1 Å². The van der Waals surface area contributed by atoms with Gasteiger partial charge >= 0.3 is 5.97 Å². The third-order valence-corrected chi connectivity index (χ3v) is 3.09. The molecule has 0 fully saturated rings. The van der Waals surface area contributed by atoms with E-state index >= 15 is 0 Å². The Balaban J connectivity index is 2.12. The van der Waals surface area contributed by atoms with E-state index in [0.717, 1.165) is 0 Å². The molecular formula is C15H13ClN2O4. The van der Waals surface area contributed by atoms with Crippen LogP contribution in [0.2, 0.25) is 5.02 Å². The number of anilines is 1. The Hall–Kier alpha value is -2.60. The number of hydrogen-bond donors (Lipinski definition) is 2. The summed E-state index contributed by atoms with van der Waals surface area (Å²) in [7, 11) is 1.51. The summed E-state index contributed by atoms with van der Waals surface area (Å²) < 4.78 is 5.18. The van der Waals surface area contributed by atoms with Crippen LogP contribution in [0.1, 0.15) is 16.1 Å². The third-order valence-electron chi connectivity index (χ3n) is 2.86. The molecule has 0 radical (unpaired) electrons. The van der Waals surface area contributed by atoms with Crippen molar-refractivity contribution >= 4 is 29.2 Å². The number of methoxy groups -OCH3 is 1. The number of carboxylic acid groups (broad SMARTS) is 1. The molecule has 1 aromatic carbocycles. The highest BCUT2D eigenvalue weighted by Gasteiger charge is 2.11. The van der Waals surface area contributed by atoms with E-state index in [1.165, 1.54) is 25.4 Å². The highest BCUT2D eigenvalue weighted by Crippen LogP contribution is 2.23. The van der Waals surface area contributed by atoms with Crippen LogP contribution in [-0.4, -0.2) is 29.1 Å². The Morgan fingerprint density at radius 1 is 1.32 bits per heavy atom. The van der Waals surface area contributed by atoms with E-state index in [4.69, 9.17) is 21.4 Å². The number of ether oxygens (including phenoxy) is 1. The molecule has 6 nitrogen and oxygen atoms in total. The number of nitrogens with zero attached hydrogens (tertiary/aromatic N) is 1. The van der Waals surface area contributed by atoms with Gasteiger partial charge in [0.1, 0.15) is 11.4 Å². The molecule has 2 rings (SSSR count). The lowest BCUT2D eigenvalue weighted by Crippen LogP contribution is -2.15.